The van der Waals surface area contributed by atoms with Gasteiger partial charge < -0.3 is 20.0 Å². The number of carbonyl (C=O) groups is 2. The number of nitrogens with zero attached hydrogens (tertiary/aromatic N) is 2. The maximum absolute atomic E-state index is 12.9. The number of methoxy groups -OCH3 is 1. The second kappa shape index (κ2) is 13.1. The number of carboxylic acid groups (broad SMARTS) is 1. The highest BCUT2D eigenvalue weighted by Gasteiger charge is 2.33. The lowest BCUT2D eigenvalue weighted by Crippen LogP contribution is -2.32. The van der Waals surface area contributed by atoms with Crippen molar-refractivity contribution in [2.24, 2.45) is 5.16 Å². The number of aromatic nitrogens is 1. The minimum absolute atomic E-state index is 0.0861. The van der Waals surface area contributed by atoms with Crippen LogP contribution in [-0.4, -0.2) is 71.9 Å². The van der Waals surface area contributed by atoms with Crippen molar-refractivity contribution in [3.63, 3.8) is 0 Å². The second-order valence-corrected chi connectivity index (χ2v) is 9.39. The summed E-state index contributed by atoms with van der Waals surface area (Å²) in [4.78, 5) is 34.5. The topological polar surface area (TPSA) is 110 Å². The van der Waals surface area contributed by atoms with Crippen LogP contribution < -0.4 is 15.9 Å². The van der Waals surface area contributed by atoms with Gasteiger partial charge in [-0.2, -0.15) is 0 Å². The molecule has 8 nitrogen and oxygen atoms in total. The van der Waals surface area contributed by atoms with Gasteiger partial charge in [0.05, 0.1) is 7.11 Å². The van der Waals surface area contributed by atoms with Gasteiger partial charge in [0.1, 0.15) is 5.69 Å². The first-order valence-electron chi connectivity index (χ1n) is 9.20. The van der Waals surface area contributed by atoms with E-state index in [1.54, 1.807) is 24.4 Å². The second-order valence-electron chi connectivity index (χ2n) is 6.14. The molecule has 1 heterocycles. The summed E-state index contributed by atoms with van der Waals surface area (Å²) in [5, 5.41) is 19.8. The Hall–Kier alpha value is -2.09. The molecule has 0 fully saturated rings. The monoisotopic (exact) mass is 569 g/mol. The van der Waals surface area contributed by atoms with E-state index in [1.165, 1.54) is 23.8 Å². The van der Waals surface area contributed by atoms with E-state index in [4.69, 9.17) is 9.57 Å². The molecule has 1 atom stereocenters. The van der Waals surface area contributed by atoms with Gasteiger partial charge in [0.25, 0.3) is 0 Å². The smallest absolute Gasteiger partial charge is 0.360 e. The zero-order valence-corrected chi connectivity index (χ0v) is 23.7. The first kappa shape index (κ1) is 28.1. The number of oxime groups is 1. The minimum Gasteiger partial charge on any atom is -0.476 e. The van der Waals surface area contributed by atoms with Crippen LogP contribution in [0.4, 0.5) is 5.13 Å². The molecule has 0 amide bonds. The Morgan fingerprint density at radius 3 is 2.24 bits per heavy atom. The van der Waals surface area contributed by atoms with Crippen molar-refractivity contribution in [1.82, 2.24) is 4.98 Å². The van der Waals surface area contributed by atoms with Crippen LogP contribution in [0.2, 0.25) is 0 Å². The molecule has 2 aromatic rings. The van der Waals surface area contributed by atoms with Gasteiger partial charge in [-0.1, -0.05) is 34.2 Å². The van der Waals surface area contributed by atoms with Crippen molar-refractivity contribution < 1.29 is 24.3 Å². The lowest BCUT2D eigenvalue weighted by atomic mass is 9.95. The van der Waals surface area contributed by atoms with Crippen molar-refractivity contribution in [3.05, 3.63) is 33.3 Å². The number of ether oxygens (including phenoxy) is 1. The molecule has 2 rings (SSSR count). The normalized spacial score (nSPS) is 12.1. The third kappa shape index (κ3) is 5.75. The lowest BCUT2D eigenvalue weighted by molar-refractivity contribution is -0.154. The maximum atomic E-state index is 12.9. The zero-order valence-electron chi connectivity index (χ0n) is 18.1. The molecule has 14 heteroatoms. The van der Waals surface area contributed by atoms with Crippen LogP contribution in [0.3, 0.4) is 0 Å². The number of thiazole rings is 1. The van der Waals surface area contributed by atoms with Gasteiger partial charge in [-0.3, -0.25) is 0 Å². The quantitative estimate of drug-likeness (QED) is 0.175. The van der Waals surface area contributed by atoms with Gasteiger partial charge in [-0.05, 0) is 34.1 Å². The third-order valence-corrected chi connectivity index (χ3v) is 7.91. The Labute approximate surface area is 210 Å². The molecule has 1 aromatic carbocycles. The van der Waals surface area contributed by atoms with E-state index in [1.807, 2.05) is 0 Å². The molecule has 2 N–H and O–H groups in total. The Morgan fingerprint density at radius 2 is 1.79 bits per heavy atom. The molecule has 34 heavy (non-hydrogen) atoms. The van der Waals surface area contributed by atoms with Crippen LogP contribution in [0.1, 0.15) is 34.1 Å². The van der Waals surface area contributed by atoms with E-state index in [9.17, 15) is 14.7 Å². The molecule has 0 saturated heterocycles. The fourth-order valence-electron chi connectivity index (χ4n) is 2.96. The number of rotatable bonds is 12. The molecule has 176 valence electrons. The molecule has 0 aliphatic rings. The number of anilines is 1. The Bertz CT molecular complexity index is 1190. The lowest BCUT2D eigenvalue weighted by Gasteiger charge is -2.23. The van der Waals surface area contributed by atoms with E-state index in [2.05, 4.69) is 54.6 Å². The largest absolute Gasteiger partial charge is 0.476 e. The van der Waals surface area contributed by atoms with Crippen LogP contribution in [0, 0.1) is 0 Å². The Morgan fingerprint density at radius 1 is 1.18 bits per heavy atom. The molecule has 0 aliphatic carbocycles. The fourth-order valence-corrected chi connectivity index (χ4v) is 6.39. The fraction of sp³-hybridized carbons (Fsp3) is 0.150. The number of benzene rings is 1. The first-order valence-corrected chi connectivity index (χ1v) is 14.0. The molecule has 0 radical (unpaired) electrons. The van der Waals surface area contributed by atoms with Crippen LogP contribution in [0.15, 0.2) is 10.5 Å². The summed E-state index contributed by atoms with van der Waals surface area (Å²) in [6.45, 7) is 0. The summed E-state index contributed by atoms with van der Waals surface area (Å²) in [6.07, 6.45) is 6.58. The molecule has 0 spiro atoms. The Kier molecular flexibility index (Phi) is 10.9. The van der Waals surface area contributed by atoms with E-state index < -0.39 is 23.8 Å². The highest BCUT2D eigenvalue weighted by molar-refractivity contribution is 7.53. The molecular formula is C20H20N3O5P5S. The van der Waals surface area contributed by atoms with Crippen molar-refractivity contribution in [3.8, 4) is 0 Å². The van der Waals surface area contributed by atoms with Crippen molar-refractivity contribution in [2.75, 3.05) is 19.5 Å². The van der Waals surface area contributed by atoms with Gasteiger partial charge in [0, 0.05) is 28.6 Å². The van der Waals surface area contributed by atoms with Crippen LogP contribution in [-0.2, 0) is 19.2 Å². The van der Waals surface area contributed by atoms with E-state index in [-0.39, 0.29) is 5.69 Å². The number of hydrogen-bond donors (Lipinski definition) is 2. The number of esters is 1. The average Bonchev–Trinajstić information content (AvgIpc) is 3.32. The molecule has 0 bridgehead atoms. The van der Waals surface area contributed by atoms with E-state index in [0.29, 0.717) is 43.5 Å². The summed E-state index contributed by atoms with van der Waals surface area (Å²) in [5.74, 6) is 2.92. The standard InChI is InChI=1S/C20H20N3O5P5S/c1-21-20-22-12(8-34-20)14(18(24)25)23-28-15(19(26)27-2)13-10(6-30)9(5-29)11(7-31)16(32-3)17(13)33-4/h5-8,15,29-31H,3-4H2,1-2H3,(H,21,22)(H,24,25)/b23-14-. The third-order valence-electron chi connectivity index (χ3n) is 4.44. The molecule has 0 aliphatic heterocycles. The maximum Gasteiger partial charge on any atom is 0.360 e. The minimum atomic E-state index is -1.40. The summed E-state index contributed by atoms with van der Waals surface area (Å²) in [6, 6.07) is 0. The molecule has 1 unspecified atom stereocenters. The summed E-state index contributed by atoms with van der Waals surface area (Å²) in [7, 11) is 14.4. The average molecular weight is 569 g/mol. The molecular weight excluding hydrogens is 549 g/mol. The number of hydrogen-bond acceptors (Lipinski definition) is 8. The van der Waals surface area contributed by atoms with Gasteiger partial charge in [0.15, 0.2) is 5.13 Å². The van der Waals surface area contributed by atoms with E-state index in [0.717, 1.165) is 10.9 Å². The Balaban J connectivity index is 2.83. The number of carbonyl (C=O) groups excluding carboxylic acids is 1. The predicted molar refractivity (Wildman–Crippen MR) is 156 cm³/mol. The van der Waals surface area contributed by atoms with Gasteiger partial charge >= 0.3 is 11.9 Å². The predicted octanol–water partition coefficient (Wildman–Crippen LogP) is 2.79. The highest BCUT2D eigenvalue weighted by atomic mass is 32.1. The van der Waals surface area contributed by atoms with Crippen LogP contribution in [0.5, 0.6) is 0 Å². The highest BCUT2D eigenvalue weighted by Crippen LogP contribution is 2.29. The van der Waals surface area contributed by atoms with Gasteiger partial charge in [-0.15, -0.1) is 37.9 Å². The van der Waals surface area contributed by atoms with Gasteiger partial charge in [-0.25, -0.2) is 14.6 Å². The van der Waals surface area contributed by atoms with Crippen molar-refractivity contribution in [1.29, 1.82) is 0 Å². The molecule has 1 aromatic heterocycles. The summed E-state index contributed by atoms with van der Waals surface area (Å²) >= 11 is 1.20. The molecule has 0 saturated carbocycles. The number of aliphatic carboxylic acids is 1. The summed E-state index contributed by atoms with van der Waals surface area (Å²) in [5.41, 5.74) is 2.16. The van der Waals surface area contributed by atoms with Crippen LogP contribution >= 0.6 is 54.3 Å². The van der Waals surface area contributed by atoms with E-state index >= 15 is 0 Å². The van der Waals surface area contributed by atoms with Gasteiger partial charge in [0.2, 0.25) is 11.8 Å². The van der Waals surface area contributed by atoms with Crippen LogP contribution in [0.25, 0.3) is 0 Å². The first-order chi connectivity index (χ1) is 16.3. The summed E-state index contributed by atoms with van der Waals surface area (Å²) < 4.78 is 4.97. The zero-order chi connectivity index (χ0) is 25.4. The van der Waals surface area contributed by atoms with Crippen molar-refractivity contribution in [2.45, 2.75) is 6.10 Å². The van der Waals surface area contributed by atoms with Crippen molar-refractivity contribution >= 4 is 118 Å². The number of nitrogens with one attached hydrogen (secondary N) is 1. The number of carboxylic acids is 1. The SMILES string of the molecule is C=Pc1c(C=P)c(C=P)c(C=P)c(C(O/N=C(\C(=O)O)c2csc(NC)n2)C(=O)OC)c1P=C.